The summed E-state index contributed by atoms with van der Waals surface area (Å²) >= 11 is 0. The molecule has 0 bridgehead atoms. The number of nitrogens with one attached hydrogen (secondary N) is 3. The standard InChI is InChI=1S/C20H21N3O5/c1-27-16-8-7-12(9-17(16)28-2)11-21-18(24)10-15-20(26)22-14-6-4-3-5-13(14)19(25)23-15/h3-9,15H,10-11H2,1-2H3,(H,21,24)(H,22,26)(H,23,25)/t15-/m0/s1. The Bertz CT molecular complexity index is 912. The number of para-hydroxylation sites is 1. The number of carbonyl (C=O) groups is 3. The van der Waals surface area contributed by atoms with Crippen molar-refractivity contribution in [2.75, 3.05) is 19.5 Å². The molecule has 0 aromatic heterocycles. The van der Waals surface area contributed by atoms with Crippen LogP contribution in [0.4, 0.5) is 5.69 Å². The lowest BCUT2D eigenvalue weighted by Gasteiger charge is -2.15. The van der Waals surface area contributed by atoms with Crippen LogP contribution in [0.15, 0.2) is 42.5 Å². The van der Waals surface area contributed by atoms with Crippen LogP contribution in [0.1, 0.15) is 22.3 Å². The molecule has 0 saturated heterocycles. The summed E-state index contributed by atoms with van der Waals surface area (Å²) in [6.07, 6.45) is -0.168. The zero-order valence-electron chi connectivity index (χ0n) is 15.6. The van der Waals surface area contributed by atoms with Gasteiger partial charge in [-0.05, 0) is 29.8 Å². The number of rotatable bonds is 6. The summed E-state index contributed by atoms with van der Waals surface area (Å²) in [5.41, 5.74) is 1.61. The summed E-state index contributed by atoms with van der Waals surface area (Å²) in [4.78, 5) is 36.9. The predicted molar refractivity (Wildman–Crippen MR) is 102 cm³/mol. The third-order valence-electron chi connectivity index (χ3n) is 4.38. The summed E-state index contributed by atoms with van der Waals surface area (Å²) in [5, 5.41) is 8.02. The van der Waals surface area contributed by atoms with Gasteiger partial charge in [-0.1, -0.05) is 18.2 Å². The zero-order chi connectivity index (χ0) is 20.1. The third kappa shape index (κ3) is 4.22. The number of methoxy groups -OCH3 is 2. The molecule has 0 aliphatic carbocycles. The van der Waals surface area contributed by atoms with Crippen LogP contribution >= 0.6 is 0 Å². The van der Waals surface area contributed by atoms with Crippen molar-refractivity contribution in [3.63, 3.8) is 0 Å². The van der Waals surface area contributed by atoms with E-state index in [1.54, 1.807) is 49.6 Å². The van der Waals surface area contributed by atoms with E-state index in [0.29, 0.717) is 22.7 Å². The fourth-order valence-electron chi connectivity index (χ4n) is 2.90. The molecule has 1 aliphatic heterocycles. The third-order valence-corrected chi connectivity index (χ3v) is 4.38. The summed E-state index contributed by atoms with van der Waals surface area (Å²) in [6, 6.07) is 11.1. The number of fused-ring (bicyclic) bond motifs is 1. The highest BCUT2D eigenvalue weighted by Gasteiger charge is 2.29. The maximum Gasteiger partial charge on any atom is 0.254 e. The van der Waals surface area contributed by atoms with Crippen molar-refractivity contribution in [3.8, 4) is 11.5 Å². The van der Waals surface area contributed by atoms with Crippen molar-refractivity contribution >= 4 is 23.4 Å². The van der Waals surface area contributed by atoms with Crippen molar-refractivity contribution in [2.45, 2.75) is 19.0 Å². The molecule has 1 aliphatic rings. The van der Waals surface area contributed by atoms with Crippen molar-refractivity contribution < 1.29 is 23.9 Å². The number of ether oxygens (including phenoxy) is 2. The molecule has 2 aromatic rings. The minimum atomic E-state index is -0.953. The Morgan fingerprint density at radius 1 is 1.07 bits per heavy atom. The molecule has 1 heterocycles. The molecule has 0 spiro atoms. The number of hydrogen-bond acceptors (Lipinski definition) is 5. The number of amides is 3. The Labute approximate surface area is 162 Å². The summed E-state index contributed by atoms with van der Waals surface area (Å²) in [7, 11) is 3.08. The van der Waals surface area contributed by atoms with Crippen LogP contribution in [0.2, 0.25) is 0 Å². The van der Waals surface area contributed by atoms with E-state index in [0.717, 1.165) is 5.56 Å². The molecule has 0 unspecified atom stereocenters. The minimum Gasteiger partial charge on any atom is -0.493 e. The lowest BCUT2D eigenvalue weighted by Crippen LogP contribution is -2.44. The molecule has 3 amide bonds. The van der Waals surface area contributed by atoms with Gasteiger partial charge in [-0.25, -0.2) is 0 Å². The molecule has 28 heavy (non-hydrogen) atoms. The molecule has 3 N–H and O–H groups in total. The molecule has 0 saturated carbocycles. The number of carbonyl (C=O) groups excluding carboxylic acids is 3. The summed E-state index contributed by atoms with van der Waals surface area (Å²) < 4.78 is 10.4. The maximum atomic E-state index is 12.4. The maximum absolute atomic E-state index is 12.4. The number of hydrogen-bond donors (Lipinski definition) is 3. The second kappa shape index (κ2) is 8.43. The van der Waals surface area contributed by atoms with Crippen LogP contribution < -0.4 is 25.4 Å². The van der Waals surface area contributed by atoms with Crippen LogP contribution in [0, 0.1) is 0 Å². The van der Waals surface area contributed by atoms with Crippen molar-refractivity contribution in [3.05, 3.63) is 53.6 Å². The van der Waals surface area contributed by atoms with Gasteiger partial charge in [0.2, 0.25) is 11.8 Å². The number of anilines is 1. The van der Waals surface area contributed by atoms with Gasteiger partial charge in [0.05, 0.1) is 31.9 Å². The Morgan fingerprint density at radius 3 is 2.57 bits per heavy atom. The molecule has 146 valence electrons. The van der Waals surface area contributed by atoms with Crippen molar-refractivity contribution in [1.29, 1.82) is 0 Å². The predicted octanol–water partition coefficient (Wildman–Crippen LogP) is 1.46. The van der Waals surface area contributed by atoms with Crippen LogP contribution in [0.5, 0.6) is 11.5 Å². The first-order chi connectivity index (χ1) is 13.5. The van der Waals surface area contributed by atoms with Gasteiger partial charge in [0.25, 0.3) is 5.91 Å². The van der Waals surface area contributed by atoms with Gasteiger partial charge in [0.1, 0.15) is 6.04 Å². The van der Waals surface area contributed by atoms with Gasteiger partial charge in [0.15, 0.2) is 11.5 Å². The van der Waals surface area contributed by atoms with Crippen molar-refractivity contribution in [1.82, 2.24) is 10.6 Å². The molecule has 1 atom stereocenters. The smallest absolute Gasteiger partial charge is 0.254 e. The molecule has 8 nitrogen and oxygen atoms in total. The molecule has 0 fully saturated rings. The summed E-state index contributed by atoms with van der Waals surface area (Å²) in [6.45, 7) is 0.252. The zero-order valence-corrected chi connectivity index (χ0v) is 15.6. The van der Waals surface area contributed by atoms with Crippen LogP contribution in [0.25, 0.3) is 0 Å². The molecule has 8 heteroatoms. The Kier molecular flexibility index (Phi) is 5.78. The van der Waals surface area contributed by atoms with Gasteiger partial charge in [0, 0.05) is 6.54 Å². The normalized spacial score (nSPS) is 15.6. The highest BCUT2D eigenvalue weighted by molar-refractivity contribution is 6.10. The first kappa shape index (κ1) is 19.2. The van der Waals surface area contributed by atoms with Gasteiger partial charge in [-0.2, -0.15) is 0 Å². The quantitative estimate of drug-likeness (QED) is 0.700. The van der Waals surface area contributed by atoms with Crippen LogP contribution in [0.3, 0.4) is 0 Å². The van der Waals surface area contributed by atoms with E-state index in [2.05, 4.69) is 16.0 Å². The largest absolute Gasteiger partial charge is 0.493 e. The molecular weight excluding hydrogens is 362 g/mol. The van der Waals surface area contributed by atoms with Gasteiger partial charge >= 0.3 is 0 Å². The fourth-order valence-corrected chi connectivity index (χ4v) is 2.90. The Morgan fingerprint density at radius 2 is 1.82 bits per heavy atom. The van der Waals surface area contributed by atoms with E-state index in [1.807, 2.05) is 0 Å². The number of benzene rings is 2. The van der Waals surface area contributed by atoms with Crippen molar-refractivity contribution in [2.24, 2.45) is 0 Å². The topological polar surface area (TPSA) is 106 Å². The van der Waals surface area contributed by atoms with E-state index in [-0.39, 0.29) is 18.9 Å². The van der Waals surface area contributed by atoms with Gasteiger partial charge < -0.3 is 25.4 Å². The SMILES string of the molecule is COc1ccc(CNC(=O)C[C@@H]2NC(=O)c3ccccc3NC2=O)cc1OC. The van der Waals surface area contributed by atoms with E-state index in [9.17, 15) is 14.4 Å². The second-order valence-corrected chi connectivity index (χ2v) is 6.23. The lowest BCUT2D eigenvalue weighted by atomic mass is 10.1. The Balaban J connectivity index is 1.61. The van der Waals surface area contributed by atoms with Crippen LogP contribution in [-0.4, -0.2) is 38.0 Å². The van der Waals surface area contributed by atoms with E-state index in [1.165, 1.54) is 7.11 Å². The highest BCUT2D eigenvalue weighted by atomic mass is 16.5. The Hall–Kier alpha value is -3.55. The molecular formula is C20H21N3O5. The molecule has 3 rings (SSSR count). The first-order valence-electron chi connectivity index (χ1n) is 8.70. The second-order valence-electron chi connectivity index (χ2n) is 6.23. The fraction of sp³-hybridized carbons (Fsp3) is 0.250. The summed E-state index contributed by atoms with van der Waals surface area (Å²) in [5.74, 6) is -0.0372. The average molecular weight is 383 g/mol. The van der Waals surface area contributed by atoms with Crippen LogP contribution in [-0.2, 0) is 16.1 Å². The highest BCUT2D eigenvalue weighted by Crippen LogP contribution is 2.27. The molecule has 2 aromatic carbocycles. The lowest BCUT2D eigenvalue weighted by molar-refractivity contribution is -0.125. The van der Waals surface area contributed by atoms with E-state index >= 15 is 0 Å². The van der Waals surface area contributed by atoms with Gasteiger partial charge in [-0.3, -0.25) is 14.4 Å². The van der Waals surface area contributed by atoms with Gasteiger partial charge in [-0.15, -0.1) is 0 Å². The van der Waals surface area contributed by atoms with E-state index in [4.69, 9.17) is 9.47 Å². The van der Waals surface area contributed by atoms with E-state index < -0.39 is 17.9 Å². The first-order valence-corrected chi connectivity index (χ1v) is 8.70. The molecule has 0 radical (unpaired) electrons. The minimum absolute atomic E-state index is 0.168. The monoisotopic (exact) mass is 383 g/mol. The average Bonchev–Trinajstić information content (AvgIpc) is 2.82.